The first-order chi connectivity index (χ1) is 10.6. The van der Waals surface area contributed by atoms with Gasteiger partial charge >= 0.3 is 5.97 Å². The summed E-state index contributed by atoms with van der Waals surface area (Å²) in [6.07, 6.45) is 11.4. The Hall–Kier alpha value is -0.790. The highest BCUT2D eigenvalue weighted by atomic mass is 16.4. The Bertz CT molecular complexity index is 457. The van der Waals surface area contributed by atoms with E-state index < -0.39 is 5.97 Å². The topological polar surface area (TPSA) is 37.3 Å². The molecular weight excluding hydrogens is 284 g/mol. The van der Waals surface area contributed by atoms with Crippen molar-refractivity contribution in [2.24, 2.45) is 28.6 Å². The first-order valence-corrected chi connectivity index (χ1v) is 9.57. The van der Waals surface area contributed by atoms with E-state index in [1.165, 1.54) is 50.2 Å². The minimum absolute atomic E-state index is 0.334. The third-order valence-corrected chi connectivity index (χ3v) is 6.62. The number of carboxylic acids is 1. The SMILES string of the molecule is C[C@H](CCCC(C)(C)C)[C@H]1CC[C@H]2/C(=C/C(=O)O)CCC[C@]12C. The number of aliphatic carboxylic acids is 1. The van der Waals surface area contributed by atoms with Gasteiger partial charge in [0, 0.05) is 6.08 Å². The van der Waals surface area contributed by atoms with Gasteiger partial charge in [0.05, 0.1) is 0 Å². The Morgan fingerprint density at radius 3 is 2.70 bits per heavy atom. The summed E-state index contributed by atoms with van der Waals surface area (Å²) in [5.41, 5.74) is 1.99. The van der Waals surface area contributed by atoms with Gasteiger partial charge in [-0.2, -0.15) is 0 Å². The van der Waals surface area contributed by atoms with Gasteiger partial charge in [0.2, 0.25) is 0 Å². The molecule has 0 bridgehead atoms. The Morgan fingerprint density at radius 2 is 2.09 bits per heavy atom. The second-order valence-corrected chi connectivity index (χ2v) is 9.58. The molecule has 0 spiro atoms. The fourth-order valence-electron chi connectivity index (χ4n) is 5.50. The molecule has 0 unspecified atom stereocenters. The molecule has 2 saturated carbocycles. The van der Waals surface area contributed by atoms with Gasteiger partial charge in [-0.3, -0.25) is 0 Å². The van der Waals surface area contributed by atoms with Crippen molar-refractivity contribution in [2.45, 2.75) is 86.0 Å². The van der Waals surface area contributed by atoms with Crippen molar-refractivity contribution in [1.29, 1.82) is 0 Å². The van der Waals surface area contributed by atoms with Crippen LogP contribution in [0.15, 0.2) is 11.6 Å². The van der Waals surface area contributed by atoms with Crippen LogP contribution in [0.4, 0.5) is 0 Å². The fourth-order valence-corrected chi connectivity index (χ4v) is 5.50. The van der Waals surface area contributed by atoms with E-state index >= 15 is 0 Å². The molecule has 0 aromatic rings. The van der Waals surface area contributed by atoms with E-state index in [4.69, 9.17) is 5.11 Å². The summed E-state index contributed by atoms with van der Waals surface area (Å²) in [4.78, 5) is 11.1. The first kappa shape index (κ1) is 18.5. The Morgan fingerprint density at radius 1 is 1.39 bits per heavy atom. The van der Waals surface area contributed by atoms with Crippen molar-refractivity contribution in [1.82, 2.24) is 0 Å². The van der Waals surface area contributed by atoms with Crippen LogP contribution in [-0.4, -0.2) is 11.1 Å². The first-order valence-electron chi connectivity index (χ1n) is 9.57. The summed E-state index contributed by atoms with van der Waals surface area (Å²) >= 11 is 0. The quantitative estimate of drug-likeness (QED) is 0.624. The second-order valence-electron chi connectivity index (χ2n) is 9.58. The fraction of sp³-hybridized carbons (Fsp3) is 0.857. The van der Waals surface area contributed by atoms with Crippen LogP contribution in [-0.2, 0) is 4.79 Å². The molecule has 0 heterocycles. The normalized spacial score (nSPS) is 34.4. The van der Waals surface area contributed by atoms with Gasteiger partial charge in [0.25, 0.3) is 0 Å². The smallest absolute Gasteiger partial charge is 0.328 e. The predicted octanol–water partition coefficient (Wildman–Crippen LogP) is 6.07. The number of carbonyl (C=O) groups is 1. The van der Waals surface area contributed by atoms with E-state index in [1.807, 2.05) is 0 Å². The lowest BCUT2D eigenvalue weighted by atomic mass is 9.60. The van der Waals surface area contributed by atoms with Gasteiger partial charge in [-0.25, -0.2) is 4.79 Å². The van der Waals surface area contributed by atoms with Crippen LogP contribution in [0, 0.1) is 28.6 Å². The van der Waals surface area contributed by atoms with Gasteiger partial charge in [-0.15, -0.1) is 0 Å². The molecule has 2 aliphatic rings. The number of carboxylic acid groups (broad SMARTS) is 1. The van der Waals surface area contributed by atoms with Gasteiger partial charge in [-0.1, -0.05) is 53.0 Å². The zero-order chi connectivity index (χ0) is 17.3. The molecule has 1 N–H and O–H groups in total. The van der Waals surface area contributed by atoms with E-state index in [2.05, 4.69) is 34.6 Å². The van der Waals surface area contributed by atoms with E-state index in [-0.39, 0.29) is 0 Å². The second kappa shape index (κ2) is 6.99. The predicted molar refractivity (Wildman–Crippen MR) is 96.4 cm³/mol. The summed E-state index contributed by atoms with van der Waals surface area (Å²) < 4.78 is 0. The van der Waals surface area contributed by atoms with Crippen LogP contribution < -0.4 is 0 Å². The van der Waals surface area contributed by atoms with Gasteiger partial charge in [0.1, 0.15) is 0 Å². The van der Waals surface area contributed by atoms with E-state index in [9.17, 15) is 4.79 Å². The van der Waals surface area contributed by atoms with Crippen molar-refractivity contribution in [3.63, 3.8) is 0 Å². The van der Waals surface area contributed by atoms with Gasteiger partial charge in [-0.05, 0) is 67.1 Å². The molecule has 23 heavy (non-hydrogen) atoms. The molecule has 2 aliphatic carbocycles. The highest BCUT2D eigenvalue weighted by Gasteiger charge is 2.50. The number of hydrogen-bond acceptors (Lipinski definition) is 1. The Balaban J connectivity index is 2.03. The molecule has 132 valence electrons. The van der Waals surface area contributed by atoms with E-state index in [0.717, 1.165) is 24.7 Å². The Labute approximate surface area is 142 Å². The average molecular weight is 321 g/mol. The van der Waals surface area contributed by atoms with Crippen LogP contribution in [0.5, 0.6) is 0 Å². The third-order valence-electron chi connectivity index (χ3n) is 6.62. The molecule has 0 aromatic carbocycles. The van der Waals surface area contributed by atoms with Crippen molar-refractivity contribution >= 4 is 5.97 Å². The number of fused-ring (bicyclic) bond motifs is 1. The monoisotopic (exact) mass is 320 g/mol. The van der Waals surface area contributed by atoms with Crippen LogP contribution in [0.1, 0.15) is 86.0 Å². The van der Waals surface area contributed by atoms with Gasteiger partial charge < -0.3 is 5.11 Å². The summed E-state index contributed by atoms with van der Waals surface area (Å²) in [5, 5.41) is 9.16. The molecule has 0 radical (unpaired) electrons. The Kier molecular flexibility index (Phi) is 5.63. The molecule has 0 saturated heterocycles. The standard InChI is InChI=1S/C21H36O2/c1-15(8-6-12-20(2,3)4)17-10-11-18-16(14-19(22)23)9-7-13-21(17,18)5/h14-15,17-18H,6-13H2,1-5H3,(H,22,23)/b16-14+/t15-,17-,18+,21-/m1/s1. The van der Waals surface area contributed by atoms with Crippen LogP contribution in [0.3, 0.4) is 0 Å². The lowest BCUT2D eigenvalue weighted by Crippen LogP contribution is -2.36. The van der Waals surface area contributed by atoms with E-state index in [0.29, 0.717) is 16.7 Å². The van der Waals surface area contributed by atoms with Crippen LogP contribution in [0.2, 0.25) is 0 Å². The lowest BCUT2D eigenvalue weighted by Gasteiger charge is -2.44. The van der Waals surface area contributed by atoms with Crippen LogP contribution in [0.25, 0.3) is 0 Å². The minimum Gasteiger partial charge on any atom is -0.478 e. The maximum absolute atomic E-state index is 11.1. The molecule has 2 fully saturated rings. The van der Waals surface area contributed by atoms with Crippen LogP contribution >= 0.6 is 0 Å². The summed E-state index contributed by atoms with van der Waals surface area (Å²) in [6, 6.07) is 0. The van der Waals surface area contributed by atoms with Crippen molar-refractivity contribution < 1.29 is 9.90 Å². The zero-order valence-corrected chi connectivity index (χ0v) is 15.8. The van der Waals surface area contributed by atoms with Crippen molar-refractivity contribution in [2.75, 3.05) is 0 Å². The molecule has 0 aliphatic heterocycles. The number of allylic oxidation sites excluding steroid dienone is 1. The molecule has 2 rings (SSSR count). The third kappa shape index (κ3) is 4.39. The maximum Gasteiger partial charge on any atom is 0.328 e. The zero-order valence-electron chi connectivity index (χ0n) is 15.8. The molecule has 0 aromatic heterocycles. The molecule has 0 amide bonds. The average Bonchev–Trinajstić information content (AvgIpc) is 2.74. The molecule has 2 nitrogen and oxygen atoms in total. The van der Waals surface area contributed by atoms with Crippen molar-refractivity contribution in [3.05, 3.63) is 11.6 Å². The van der Waals surface area contributed by atoms with Crippen molar-refractivity contribution in [3.8, 4) is 0 Å². The summed E-state index contributed by atoms with van der Waals surface area (Å²) in [6.45, 7) is 11.9. The molecular formula is C21H36O2. The molecule has 2 heteroatoms. The highest BCUT2D eigenvalue weighted by molar-refractivity contribution is 5.80. The maximum atomic E-state index is 11.1. The summed E-state index contributed by atoms with van der Waals surface area (Å²) in [7, 11) is 0. The molecule has 4 atom stereocenters. The minimum atomic E-state index is -0.758. The summed E-state index contributed by atoms with van der Waals surface area (Å²) in [5.74, 6) is 1.29. The number of hydrogen-bond donors (Lipinski definition) is 1. The lowest BCUT2D eigenvalue weighted by molar-refractivity contribution is -0.131. The highest BCUT2D eigenvalue weighted by Crippen LogP contribution is 2.59. The number of rotatable bonds is 5. The van der Waals surface area contributed by atoms with Gasteiger partial charge in [0.15, 0.2) is 0 Å². The largest absolute Gasteiger partial charge is 0.478 e. The van der Waals surface area contributed by atoms with E-state index in [1.54, 1.807) is 0 Å².